The van der Waals surface area contributed by atoms with Gasteiger partial charge in [-0.05, 0) is 46.6 Å². The SMILES string of the molecule is CC(O)(c1cc(F)cc(F)c1)c1cccc(Br)c1F. The Morgan fingerprint density at radius 1 is 1.05 bits per heavy atom. The highest BCUT2D eigenvalue weighted by molar-refractivity contribution is 9.10. The summed E-state index contributed by atoms with van der Waals surface area (Å²) in [6.07, 6.45) is 0. The molecule has 0 spiro atoms. The highest BCUT2D eigenvalue weighted by Gasteiger charge is 2.30. The van der Waals surface area contributed by atoms with E-state index >= 15 is 0 Å². The standard InChI is InChI=1S/C14H10BrF3O/c1-14(19,8-5-9(16)7-10(17)6-8)11-3-2-4-12(15)13(11)18/h2-7,19H,1H3. The molecule has 5 heteroatoms. The van der Waals surface area contributed by atoms with Gasteiger partial charge in [0.05, 0.1) is 4.47 Å². The Morgan fingerprint density at radius 2 is 1.63 bits per heavy atom. The monoisotopic (exact) mass is 330 g/mol. The quantitative estimate of drug-likeness (QED) is 0.878. The number of hydrogen-bond donors (Lipinski definition) is 1. The predicted molar refractivity (Wildman–Crippen MR) is 69.1 cm³/mol. The first-order valence-electron chi connectivity index (χ1n) is 5.46. The summed E-state index contributed by atoms with van der Waals surface area (Å²) >= 11 is 3.01. The van der Waals surface area contributed by atoms with Gasteiger partial charge in [-0.25, -0.2) is 13.2 Å². The van der Waals surface area contributed by atoms with Gasteiger partial charge in [0.2, 0.25) is 0 Å². The van der Waals surface area contributed by atoms with Gasteiger partial charge >= 0.3 is 0 Å². The minimum Gasteiger partial charge on any atom is -0.381 e. The van der Waals surface area contributed by atoms with Crippen molar-refractivity contribution in [2.24, 2.45) is 0 Å². The van der Waals surface area contributed by atoms with Crippen LogP contribution in [0.25, 0.3) is 0 Å². The number of halogens is 4. The van der Waals surface area contributed by atoms with Gasteiger partial charge in [0.25, 0.3) is 0 Å². The van der Waals surface area contributed by atoms with Crippen LogP contribution in [-0.4, -0.2) is 5.11 Å². The molecule has 2 rings (SSSR count). The maximum atomic E-state index is 14.0. The molecule has 0 aliphatic carbocycles. The third-order valence-corrected chi connectivity index (χ3v) is 3.51. The fourth-order valence-corrected chi connectivity index (χ4v) is 2.24. The molecular weight excluding hydrogens is 321 g/mol. The molecule has 2 aromatic carbocycles. The molecule has 0 fully saturated rings. The lowest BCUT2D eigenvalue weighted by molar-refractivity contribution is 0.0970. The minimum absolute atomic E-state index is 0.0537. The summed E-state index contributed by atoms with van der Waals surface area (Å²) in [7, 11) is 0. The molecule has 2 aromatic rings. The molecule has 0 radical (unpaired) electrons. The van der Waals surface area contributed by atoms with Crippen LogP contribution in [0.3, 0.4) is 0 Å². The first-order chi connectivity index (χ1) is 8.82. The number of rotatable bonds is 2. The van der Waals surface area contributed by atoms with Crippen molar-refractivity contribution < 1.29 is 18.3 Å². The van der Waals surface area contributed by atoms with E-state index in [9.17, 15) is 18.3 Å². The van der Waals surface area contributed by atoms with Gasteiger partial charge in [-0.15, -0.1) is 0 Å². The van der Waals surface area contributed by atoms with E-state index in [0.29, 0.717) is 6.07 Å². The van der Waals surface area contributed by atoms with Gasteiger partial charge in [0.1, 0.15) is 23.1 Å². The predicted octanol–water partition coefficient (Wildman–Crippen LogP) is 4.12. The first-order valence-corrected chi connectivity index (χ1v) is 6.25. The fraction of sp³-hybridized carbons (Fsp3) is 0.143. The van der Waals surface area contributed by atoms with E-state index in [1.807, 2.05) is 0 Å². The van der Waals surface area contributed by atoms with Crippen molar-refractivity contribution in [3.63, 3.8) is 0 Å². The molecule has 0 heterocycles. The maximum absolute atomic E-state index is 14.0. The zero-order valence-corrected chi connectivity index (χ0v) is 11.5. The molecule has 1 nitrogen and oxygen atoms in total. The van der Waals surface area contributed by atoms with Crippen molar-refractivity contribution in [3.05, 3.63) is 69.4 Å². The van der Waals surface area contributed by atoms with Crippen molar-refractivity contribution in [1.29, 1.82) is 0 Å². The summed E-state index contributed by atoms with van der Waals surface area (Å²) in [5.41, 5.74) is -1.95. The van der Waals surface area contributed by atoms with Crippen LogP contribution in [0.1, 0.15) is 18.1 Å². The number of aliphatic hydroxyl groups is 1. The van der Waals surface area contributed by atoms with E-state index in [4.69, 9.17) is 0 Å². The van der Waals surface area contributed by atoms with Gasteiger partial charge in [-0.2, -0.15) is 0 Å². The highest BCUT2D eigenvalue weighted by Crippen LogP contribution is 2.34. The first kappa shape index (κ1) is 14.1. The van der Waals surface area contributed by atoms with Crippen LogP contribution < -0.4 is 0 Å². The molecule has 0 bridgehead atoms. The second kappa shape index (κ2) is 4.98. The fourth-order valence-electron chi connectivity index (χ4n) is 1.87. The Kier molecular flexibility index (Phi) is 3.69. The summed E-state index contributed by atoms with van der Waals surface area (Å²) in [6, 6.07) is 7.01. The lowest BCUT2D eigenvalue weighted by atomic mass is 9.88. The molecular formula is C14H10BrF3O. The van der Waals surface area contributed by atoms with E-state index in [-0.39, 0.29) is 15.6 Å². The third-order valence-electron chi connectivity index (χ3n) is 2.90. The van der Waals surface area contributed by atoms with Gasteiger partial charge in [-0.3, -0.25) is 0 Å². The average molecular weight is 331 g/mol. The van der Waals surface area contributed by atoms with Gasteiger partial charge in [-0.1, -0.05) is 12.1 Å². The zero-order valence-electron chi connectivity index (χ0n) is 9.92. The van der Waals surface area contributed by atoms with Crippen molar-refractivity contribution in [2.75, 3.05) is 0 Å². The second-order valence-electron chi connectivity index (χ2n) is 4.33. The van der Waals surface area contributed by atoms with Crippen LogP contribution in [0.15, 0.2) is 40.9 Å². The molecule has 0 aromatic heterocycles. The van der Waals surface area contributed by atoms with Crippen LogP contribution in [0.5, 0.6) is 0 Å². The molecule has 1 unspecified atom stereocenters. The smallest absolute Gasteiger partial charge is 0.143 e. The molecule has 0 saturated carbocycles. The normalized spacial score (nSPS) is 14.2. The van der Waals surface area contributed by atoms with E-state index in [1.54, 1.807) is 0 Å². The summed E-state index contributed by atoms with van der Waals surface area (Å²) in [5.74, 6) is -2.33. The Balaban J connectivity index is 2.61. The topological polar surface area (TPSA) is 20.2 Å². The van der Waals surface area contributed by atoms with E-state index in [0.717, 1.165) is 12.1 Å². The third kappa shape index (κ3) is 2.67. The molecule has 0 amide bonds. The van der Waals surface area contributed by atoms with Crippen LogP contribution in [0.4, 0.5) is 13.2 Å². The number of hydrogen-bond acceptors (Lipinski definition) is 1. The van der Waals surface area contributed by atoms with Gasteiger partial charge < -0.3 is 5.11 Å². The average Bonchev–Trinajstić information content (AvgIpc) is 2.31. The van der Waals surface area contributed by atoms with E-state index in [1.165, 1.54) is 25.1 Å². The van der Waals surface area contributed by atoms with Crippen molar-refractivity contribution in [2.45, 2.75) is 12.5 Å². The van der Waals surface area contributed by atoms with Gasteiger partial charge in [0.15, 0.2) is 0 Å². The Hall–Kier alpha value is -1.33. The Bertz CT molecular complexity index is 606. The molecule has 100 valence electrons. The lowest BCUT2D eigenvalue weighted by Crippen LogP contribution is -2.25. The van der Waals surface area contributed by atoms with Crippen molar-refractivity contribution in [1.82, 2.24) is 0 Å². The lowest BCUT2D eigenvalue weighted by Gasteiger charge is -2.25. The van der Waals surface area contributed by atoms with Gasteiger partial charge in [0, 0.05) is 11.6 Å². The van der Waals surface area contributed by atoms with E-state index in [2.05, 4.69) is 15.9 Å². The Morgan fingerprint density at radius 3 is 2.21 bits per heavy atom. The summed E-state index contributed by atoms with van der Waals surface area (Å²) < 4.78 is 40.6. The van der Waals surface area contributed by atoms with Crippen molar-refractivity contribution in [3.8, 4) is 0 Å². The summed E-state index contributed by atoms with van der Waals surface area (Å²) in [6.45, 7) is 1.28. The minimum atomic E-state index is -1.84. The maximum Gasteiger partial charge on any atom is 0.143 e. The van der Waals surface area contributed by atoms with Crippen LogP contribution in [0, 0.1) is 17.5 Å². The van der Waals surface area contributed by atoms with Crippen LogP contribution >= 0.6 is 15.9 Å². The second-order valence-corrected chi connectivity index (χ2v) is 5.19. The van der Waals surface area contributed by atoms with Crippen LogP contribution in [0.2, 0.25) is 0 Å². The molecule has 1 atom stereocenters. The highest BCUT2D eigenvalue weighted by atomic mass is 79.9. The number of benzene rings is 2. The molecule has 0 aliphatic rings. The molecule has 0 saturated heterocycles. The van der Waals surface area contributed by atoms with E-state index < -0.39 is 23.1 Å². The molecule has 19 heavy (non-hydrogen) atoms. The van der Waals surface area contributed by atoms with Crippen LogP contribution in [-0.2, 0) is 5.60 Å². The molecule has 0 aliphatic heterocycles. The summed E-state index contributed by atoms with van der Waals surface area (Å²) in [5, 5.41) is 10.4. The van der Waals surface area contributed by atoms with Crippen molar-refractivity contribution >= 4 is 15.9 Å². The molecule has 1 N–H and O–H groups in total. The largest absolute Gasteiger partial charge is 0.381 e. The zero-order chi connectivity index (χ0) is 14.2. The Labute approximate surface area is 116 Å². The summed E-state index contributed by atoms with van der Waals surface area (Å²) in [4.78, 5) is 0.